The van der Waals surface area contributed by atoms with Gasteiger partial charge in [-0.15, -0.1) is 0 Å². The largest absolute Gasteiger partial charge is 0.495 e. The molecule has 3 amide bonds. The first-order valence-corrected chi connectivity index (χ1v) is 11.9. The fourth-order valence-corrected chi connectivity index (χ4v) is 4.99. The number of carbonyl (C=O) groups excluding carboxylic acids is 3. The zero-order valence-electron chi connectivity index (χ0n) is 19.3. The number of nitrogens with zero attached hydrogens (tertiary/aromatic N) is 2. The summed E-state index contributed by atoms with van der Waals surface area (Å²) in [5.74, 6) is 0.896. The van der Waals surface area contributed by atoms with E-state index in [9.17, 15) is 14.4 Å². The molecule has 1 atom stereocenters. The molecule has 2 aromatic rings. The molecule has 5 rings (SSSR count). The lowest BCUT2D eigenvalue weighted by Gasteiger charge is -2.33. The Labute approximate surface area is 207 Å². The Hall–Kier alpha value is -3.46. The lowest BCUT2D eigenvalue weighted by atomic mass is 9.94. The van der Waals surface area contributed by atoms with Gasteiger partial charge in [0.2, 0.25) is 24.5 Å². The number of rotatable bonds is 5. The van der Waals surface area contributed by atoms with Crippen LogP contribution in [0.5, 0.6) is 17.2 Å². The van der Waals surface area contributed by atoms with E-state index in [0.717, 1.165) is 0 Å². The fourth-order valence-electron chi connectivity index (χ4n) is 4.82. The molecule has 0 aromatic heterocycles. The highest BCUT2D eigenvalue weighted by Gasteiger charge is 2.39. The molecule has 3 aliphatic rings. The Morgan fingerprint density at radius 3 is 2.60 bits per heavy atom. The summed E-state index contributed by atoms with van der Waals surface area (Å²) in [6.07, 6.45) is 1.27. The van der Waals surface area contributed by atoms with Crippen LogP contribution in [0.4, 0.5) is 11.4 Å². The van der Waals surface area contributed by atoms with Gasteiger partial charge in [-0.3, -0.25) is 14.4 Å². The molecule has 3 heterocycles. The van der Waals surface area contributed by atoms with E-state index in [1.54, 1.807) is 46.2 Å². The highest BCUT2D eigenvalue weighted by molar-refractivity contribution is 6.31. The van der Waals surface area contributed by atoms with E-state index in [1.807, 2.05) is 0 Å². The van der Waals surface area contributed by atoms with Crippen molar-refractivity contribution < 1.29 is 28.6 Å². The Bertz CT molecular complexity index is 1160. The maximum atomic E-state index is 13.2. The molecule has 9 nitrogen and oxygen atoms in total. The number of hydrogen-bond acceptors (Lipinski definition) is 6. The van der Waals surface area contributed by atoms with Crippen molar-refractivity contribution in [3.05, 3.63) is 41.4 Å². The Balaban J connectivity index is 1.16. The van der Waals surface area contributed by atoms with Crippen LogP contribution in [0, 0.1) is 11.8 Å². The standard InChI is InChI=1S/C25H26ClN3O6/c1-33-20-4-2-17(26)11-19(20)29-13-16(10-23(29)30)25(32)28-8-6-15(7-9-28)24(31)27-18-3-5-21-22(12-18)35-14-34-21/h2-5,11-12,15-16H,6-10,13-14H2,1H3,(H,27,31)/t16-/m0/s1. The van der Waals surface area contributed by atoms with E-state index >= 15 is 0 Å². The summed E-state index contributed by atoms with van der Waals surface area (Å²) >= 11 is 6.12. The van der Waals surface area contributed by atoms with E-state index in [-0.39, 0.29) is 43.4 Å². The van der Waals surface area contributed by atoms with E-state index < -0.39 is 5.92 Å². The minimum Gasteiger partial charge on any atom is -0.495 e. The van der Waals surface area contributed by atoms with Crippen LogP contribution in [0.25, 0.3) is 0 Å². The van der Waals surface area contributed by atoms with Gasteiger partial charge in [-0.25, -0.2) is 0 Å². The van der Waals surface area contributed by atoms with Gasteiger partial charge in [0, 0.05) is 48.7 Å². The number of halogens is 1. The average molecular weight is 500 g/mol. The van der Waals surface area contributed by atoms with Crippen LogP contribution in [0.2, 0.25) is 5.02 Å². The topological polar surface area (TPSA) is 97.4 Å². The summed E-state index contributed by atoms with van der Waals surface area (Å²) in [6.45, 7) is 1.40. The van der Waals surface area contributed by atoms with Crippen LogP contribution in [0.3, 0.4) is 0 Å². The average Bonchev–Trinajstić information content (AvgIpc) is 3.49. The second-order valence-corrected chi connectivity index (χ2v) is 9.31. The van der Waals surface area contributed by atoms with Crippen LogP contribution in [0.15, 0.2) is 36.4 Å². The lowest BCUT2D eigenvalue weighted by Crippen LogP contribution is -2.44. The Morgan fingerprint density at radius 1 is 1.06 bits per heavy atom. The molecular formula is C25H26ClN3O6. The maximum absolute atomic E-state index is 13.2. The second kappa shape index (κ2) is 9.65. The molecule has 2 aromatic carbocycles. The van der Waals surface area contributed by atoms with E-state index in [2.05, 4.69) is 5.32 Å². The maximum Gasteiger partial charge on any atom is 0.231 e. The first-order valence-electron chi connectivity index (χ1n) is 11.6. The number of hydrogen-bond donors (Lipinski definition) is 1. The van der Waals surface area contributed by atoms with Gasteiger partial charge in [0.25, 0.3) is 0 Å². The zero-order valence-corrected chi connectivity index (χ0v) is 20.0. The molecule has 184 valence electrons. The molecule has 2 saturated heterocycles. The first-order chi connectivity index (χ1) is 16.9. The van der Waals surface area contributed by atoms with Gasteiger partial charge in [0.1, 0.15) is 5.75 Å². The number of nitrogens with one attached hydrogen (secondary N) is 1. The third-order valence-corrected chi connectivity index (χ3v) is 6.96. The third-order valence-electron chi connectivity index (χ3n) is 6.72. The van der Waals surface area contributed by atoms with Gasteiger partial charge in [0.15, 0.2) is 11.5 Å². The molecule has 10 heteroatoms. The van der Waals surface area contributed by atoms with Crippen LogP contribution >= 0.6 is 11.6 Å². The highest BCUT2D eigenvalue weighted by atomic mass is 35.5. The molecule has 3 aliphatic heterocycles. The number of methoxy groups -OCH3 is 1. The minimum atomic E-state index is -0.440. The van der Waals surface area contributed by atoms with Crippen LogP contribution in [-0.2, 0) is 14.4 Å². The van der Waals surface area contributed by atoms with Crippen molar-refractivity contribution in [1.82, 2.24) is 4.90 Å². The predicted octanol–water partition coefficient (Wildman–Crippen LogP) is 3.31. The monoisotopic (exact) mass is 499 g/mol. The van der Waals surface area contributed by atoms with E-state index in [0.29, 0.717) is 59.6 Å². The molecule has 0 saturated carbocycles. The number of carbonyl (C=O) groups is 3. The molecule has 0 radical (unpaired) electrons. The number of likely N-dealkylation sites (tertiary alicyclic amines) is 1. The van der Waals surface area contributed by atoms with Gasteiger partial charge < -0.3 is 29.3 Å². The second-order valence-electron chi connectivity index (χ2n) is 8.88. The number of fused-ring (bicyclic) bond motifs is 1. The molecule has 0 unspecified atom stereocenters. The van der Waals surface area contributed by atoms with Gasteiger partial charge in [0.05, 0.1) is 18.7 Å². The van der Waals surface area contributed by atoms with Crippen LogP contribution < -0.4 is 24.4 Å². The lowest BCUT2D eigenvalue weighted by molar-refractivity contribution is -0.138. The molecule has 2 fully saturated rings. The van der Waals surface area contributed by atoms with E-state index in [4.69, 9.17) is 25.8 Å². The van der Waals surface area contributed by atoms with Crippen molar-refractivity contribution in [2.75, 3.05) is 43.8 Å². The van der Waals surface area contributed by atoms with Crippen molar-refractivity contribution >= 4 is 40.7 Å². The Morgan fingerprint density at radius 2 is 1.83 bits per heavy atom. The Kier molecular flexibility index (Phi) is 6.42. The highest BCUT2D eigenvalue weighted by Crippen LogP contribution is 2.37. The molecule has 1 N–H and O–H groups in total. The quantitative estimate of drug-likeness (QED) is 0.678. The summed E-state index contributed by atoms with van der Waals surface area (Å²) < 4.78 is 16.0. The predicted molar refractivity (Wildman–Crippen MR) is 129 cm³/mol. The van der Waals surface area contributed by atoms with Gasteiger partial charge in [-0.1, -0.05) is 11.6 Å². The van der Waals surface area contributed by atoms with Crippen molar-refractivity contribution in [1.29, 1.82) is 0 Å². The normalized spacial score (nSPS) is 19.7. The molecule has 0 spiro atoms. The number of amides is 3. The summed E-state index contributed by atoms with van der Waals surface area (Å²) in [6, 6.07) is 10.4. The number of ether oxygens (including phenoxy) is 3. The molecule has 0 aliphatic carbocycles. The SMILES string of the molecule is COc1ccc(Cl)cc1N1C[C@@H](C(=O)N2CCC(C(=O)Nc3ccc4c(c3)OCO4)CC2)CC1=O. The molecular weight excluding hydrogens is 474 g/mol. The third kappa shape index (κ3) is 4.73. The fraction of sp³-hybridized carbons (Fsp3) is 0.400. The van der Waals surface area contributed by atoms with Crippen LogP contribution in [0.1, 0.15) is 19.3 Å². The summed E-state index contributed by atoms with van der Waals surface area (Å²) in [7, 11) is 1.53. The summed E-state index contributed by atoms with van der Waals surface area (Å²) in [5.41, 5.74) is 1.22. The molecule has 35 heavy (non-hydrogen) atoms. The van der Waals surface area contributed by atoms with Gasteiger partial charge in [-0.2, -0.15) is 0 Å². The van der Waals surface area contributed by atoms with Crippen molar-refractivity contribution in [3.8, 4) is 17.2 Å². The van der Waals surface area contributed by atoms with Crippen LogP contribution in [-0.4, -0.2) is 56.2 Å². The number of anilines is 2. The molecule has 0 bridgehead atoms. The number of piperidine rings is 1. The van der Waals surface area contributed by atoms with Crippen molar-refractivity contribution in [3.63, 3.8) is 0 Å². The van der Waals surface area contributed by atoms with Gasteiger partial charge in [-0.05, 0) is 43.2 Å². The smallest absolute Gasteiger partial charge is 0.231 e. The minimum absolute atomic E-state index is 0.0588. The first kappa shape index (κ1) is 23.3. The van der Waals surface area contributed by atoms with Crippen molar-refractivity contribution in [2.24, 2.45) is 11.8 Å². The van der Waals surface area contributed by atoms with E-state index in [1.165, 1.54) is 7.11 Å². The van der Waals surface area contributed by atoms with Crippen molar-refractivity contribution in [2.45, 2.75) is 19.3 Å². The number of benzene rings is 2. The summed E-state index contributed by atoms with van der Waals surface area (Å²) in [4.78, 5) is 42.0. The summed E-state index contributed by atoms with van der Waals surface area (Å²) in [5, 5.41) is 3.42. The van der Waals surface area contributed by atoms with Gasteiger partial charge >= 0.3 is 0 Å². The zero-order chi connectivity index (χ0) is 24.5.